The number of benzene rings is 1. The summed E-state index contributed by atoms with van der Waals surface area (Å²) in [6.45, 7) is 0. The lowest BCUT2D eigenvalue weighted by Crippen LogP contribution is -1.86. The molecule has 0 aliphatic rings. The molecule has 0 bridgehead atoms. The maximum atomic E-state index is 4.10. The lowest BCUT2D eigenvalue weighted by atomic mass is 10.2. The van der Waals surface area contributed by atoms with E-state index in [2.05, 4.69) is 15.3 Å². The number of aromatic nitrogens is 3. The molecule has 64 valence electrons. The van der Waals surface area contributed by atoms with Crippen LogP contribution in [-0.4, -0.2) is 21.1 Å². The van der Waals surface area contributed by atoms with Gasteiger partial charge in [-0.3, -0.25) is 0 Å². The molecule has 0 aliphatic heterocycles. The Morgan fingerprint density at radius 3 is 2.46 bits per heavy atom. The van der Waals surface area contributed by atoms with Gasteiger partial charge < -0.3 is 0 Å². The van der Waals surface area contributed by atoms with Crippen LogP contribution in [0.5, 0.6) is 0 Å². The van der Waals surface area contributed by atoms with Gasteiger partial charge in [-0.05, 0) is 5.56 Å². The Kier molecular flexibility index (Phi) is 2.14. The van der Waals surface area contributed by atoms with Gasteiger partial charge in [0.15, 0.2) is 0 Å². The van der Waals surface area contributed by atoms with Crippen LogP contribution in [0, 0.1) is 0 Å². The normalized spacial score (nSPS) is 10.8. The highest BCUT2D eigenvalue weighted by molar-refractivity contribution is 5.79. The molecule has 1 heterocycles. The monoisotopic (exact) mass is 172 g/mol. The van der Waals surface area contributed by atoms with E-state index in [1.807, 2.05) is 30.3 Å². The molecule has 0 amide bonds. The first kappa shape index (κ1) is 7.67. The van der Waals surface area contributed by atoms with Crippen molar-refractivity contribution in [1.29, 1.82) is 0 Å². The van der Waals surface area contributed by atoms with Gasteiger partial charge in [0.25, 0.3) is 0 Å². The molecule has 0 saturated carbocycles. The molecular formula is C9H8N4. The van der Waals surface area contributed by atoms with Gasteiger partial charge in [0.1, 0.15) is 12.7 Å². The first-order valence-corrected chi connectivity index (χ1v) is 3.89. The van der Waals surface area contributed by atoms with Crippen molar-refractivity contribution in [3.63, 3.8) is 0 Å². The van der Waals surface area contributed by atoms with E-state index >= 15 is 0 Å². The van der Waals surface area contributed by atoms with E-state index in [4.69, 9.17) is 0 Å². The standard InChI is InChI=1S/C9H8N4/c1-2-4-9(5-3-1)6-12-13-7-10-11-8-13/h1-8H/b12-6+. The Labute approximate surface area is 75.5 Å². The molecule has 2 rings (SSSR count). The molecule has 0 atom stereocenters. The van der Waals surface area contributed by atoms with Crippen molar-refractivity contribution in [2.24, 2.45) is 5.10 Å². The molecule has 0 fully saturated rings. The van der Waals surface area contributed by atoms with Crippen molar-refractivity contribution in [3.05, 3.63) is 48.5 Å². The summed E-state index contributed by atoms with van der Waals surface area (Å²) in [7, 11) is 0. The first-order chi connectivity index (χ1) is 6.45. The van der Waals surface area contributed by atoms with Crippen molar-refractivity contribution in [3.8, 4) is 0 Å². The maximum absolute atomic E-state index is 4.10. The zero-order valence-electron chi connectivity index (χ0n) is 6.91. The van der Waals surface area contributed by atoms with Crippen LogP contribution in [0.2, 0.25) is 0 Å². The van der Waals surface area contributed by atoms with Gasteiger partial charge in [0, 0.05) is 0 Å². The third-order valence-corrected chi connectivity index (χ3v) is 1.55. The molecule has 1 aromatic carbocycles. The van der Waals surface area contributed by atoms with Crippen molar-refractivity contribution >= 4 is 6.21 Å². The van der Waals surface area contributed by atoms with E-state index in [9.17, 15) is 0 Å². The Bertz CT molecular complexity index is 377. The molecule has 0 aliphatic carbocycles. The second-order valence-corrected chi connectivity index (χ2v) is 2.50. The second kappa shape index (κ2) is 3.62. The molecule has 0 spiro atoms. The highest BCUT2D eigenvalue weighted by Crippen LogP contribution is 1.94. The van der Waals surface area contributed by atoms with Gasteiger partial charge in [0.2, 0.25) is 0 Å². The number of hydrogen-bond donors (Lipinski definition) is 0. The van der Waals surface area contributed by atoms with Crippen LogP contribution in [-0.2, 0) is 0 Å². The molecule has 0 radical (unpaired) electrons. The van der Waals surface area contributed by atoms with E-state index in [0.717, 1.165) is 5.56 Å². The molecule has 0 N–H and O–H groups in total. The van der Waals surface area contributed by atoms with E-state index in [0.29, 0.717) is 0 Å². The van der Waals surface area contributed by atoms with Crippen LogP contribution in [0.25, 0.3) is 0 Å². The molecule has 2 aromatic rings. The highest BCUT2D eigenvalue weighted by atomic mass is 15.4. The minimum absolute atomic E-state index is 1.05. The van der Waals surface area contributed by atoms with E-state index in [1.54, 1.807) is 23.5 Å². The predicted molar refractivity (Wildman–Crippen MR) is 49.5 cm³/mol. The summed E-state index contributed by atoms with van der Waals surface area (Å²) < 4.78 is 1.55. The molecular weight excluding hydrogens is 164 g/mol. The Morgan fingerprint density at radius 1 is 1.08 bits per heavy atom. The van der Waals surface area contributed by atoms with Crippen LogP contribution in [0.15, 0.2) is 48.1 Å². The van der Waals surface area contributed by atoms with Gasteiger partial charge in [-0.15, -0.1) is 10.2 Å². The lowest BCUT2D eigenvalue weighted by Gasteiger charge is -1.90. The fourth-order valence-electron chi connectivity index (χ4n) is 0.927. The average molecular weight is 172 g/mol. The summed E-state index contributed by atoms with van der Waals surface area (Å²) >= 11 is 0. The van der Waals surface area contributed by atoms with Crippen LogP contribution < -0.4 is 0 Å². The fraction of sp³-hybridized carbons (Fsp3) is 0. The zero-order valence-corrected chi connectivity index (χ0v) is 6.91. The minimum atomic E-state index is 1.05. The van der Waals surface area contributed by atoms with Crippen LogP contribution in [0.3, 0.4) is 0 Å². The fourth-order valence-corrected chi connectivity index (χ4v) is 0.927. The van der Waals surface area contributed by atoms with Gasteiger partial charge in [-0.25, -0.2) is 4.68 Å². The maximum Gasteiger partial charge on any atom is 0.141 e. The van der Waals surface area contributed by atoms with Gasteiger partial charge in [-0.1, -0.05) is 30.3 Å². The summed E-state index contributed by atoms with van der Waals surface area (Å²) in [4.78, 5) is 0. The van der Waals surface area contributed by atoms with Crippen molar-refractivity contribution in [2.45, 2.75) is 0 Å². The van der Waals surface area contributed by atoms with E-state index in [1.165, 1.54) is 0 Å². The Hall–Kier alpha value is -1.97. The van der Waals surface area contributed by atoms with Crippen molar-refractivity contribution in [2.75, 3.05) is 0 Å². The summed E-state index contributed by atoms with van der Waals surface area (Å²) in [5.41, 5.74) is 1.05. The number of nitrogens with zero attached hydrogens (tertiary/aromatic N) is 4. The third-order valence-electron chi connectivity index (χ3n) is 1.55. The quantitative estimate of drug-likeness (QED) is 0.638. The minimum Gasteiger partial charge on any atom is -0.208 e. The SMILES string of the molecule is C(=N\n1cnnc1)/c1ccccc1. The Morgan fingerprint density at radius 2 is 1.77 bits per heavy atom. The van der Waals surface area contributed by atoms with E-state index in [-0.39, 0.29) is 0 Å². The third kappa shape index (κ3) is 1.99. The van der Waals surface area contributed by atoms with Crippen LogP contribution in [0.4, 0.5) is 0 Å². The Balaban J connectivity index is 2.15. The zero-order chi connectivity index (χ0) is 8.93. The summed E-state index contributed by atoms with van der Waals surface area (Å²) in [6, 6.07) is 9.86. The molecule has 0 saturated heterocycles. The molecule has 4 nitrogen and oxygen atoms in total. The molecule has 4 heteroatoms. The topological polar surface area (TPSA) is 43.1 Å². The first-order valence-electron chi connectivity index (χ1n) is 3.89. The van der Waals surface area contributed by atoms with Crippen molar-refractivity contribution in [1.82, 2.24) is 14.9 Å². The average Bonchev–Trinajstić information content (AvgIpc) is 2.69. The largest absolute Gasteiger partial charge is 0.208 e. The highest BCUT2D eigenvalue weighted by Gasteiger charge is 1.85. The molecule has 13 heavy (non-hydrogen) atoms. The second-order valence-electron chi connectivity index (χ2n) is 2.50. The smallest absolute Gasteiger partial charge is 0.141 e. The molecule has 1 aromatic heterocycles. The van der Waals surface area contributed by atoms with Gasteiger partial charge >= 0.3 is 0 Å². The van der Waals surface area contributed by atoms with Crippen LogP contribution in [0.1, 0.15) is 5.56 Å². The van der Waals surface area contributed by atoms with E-state index < -0.39 is 0 Å². The predicted octanol–water partition coefficient (Wildman–Crippen LogP) is 1.16. The van der Waals surface area contributed by atoms with Crippen LogP contribution >= 0.6 is 0 Å². The summed E-state index contributed by atoms with van der Waals surface area (Å²) in [5, 5.41) is 11.4. The number of hydrogen-bond acceptors (Lipinski definition) is 3. The molecule has 0 unspecified atom stereocenters. The lowest BCUT2D eigenvalue weighted by molar-refractivity contribution is 0.878. The summed E-state index contributed by atoms with van der Waals surface area (Å²) in [6.07, 6.45) is 4.84. The number of rotatable bonds is 2. The van der Waals surface area contributed by atoms with Gasteiger partial charge in [-0.2, -0.15) is 5.10 Å². The van der Waals surface area contributed by atoms with Gasteiger partial charge in [0.05, 0.1) is 6.21 Å². The summed E-state index contributed by atoms with van der Waals surface area (Å²) in [5.74, 6) is 0. The van der Waals surface area contributed by atoms with Crippen molar-refractivity contribution < 1.29 is 0 Å².